The summed E-state index contributed by atoms with van der Waals surface area (Å²) in [6.07, 6.45) is 25.1. The highest BCUT2D eigenvalue weighted by Crippen LogP contribution is 2.14. The lowest BCUT2D eigenvalue weighted by Gasteiger charge is -2.07. The van der Waals surface area contributed by atoms with Crippen LogP contribution in [0.15, 0.2) is 0 Å². The van der Waals surface area contributed by atoms with E-state index >= 15 is 0 Å². The molecule has 0 aliphatic carbocycles. The van der Waals surface area contributed by atoms with Crippen molar-refractivity contribution in [2.75, 3.05) is 60.0 Å². The second kappa shape index (κ2) is 71.9. The van der Waals surface area contributed by atoms with Gasteiger partial charge in [-0.1, -0.05) is 110 Å². The van der Waals surface area contributed by atoms with Crippen molar-refractivity contribution in [2.45, 2.75) is 149 Å². The number of aliphatic hydroxyl groups excluding tert-OH is 1. The number of aliphatic carboxylic acids is 1. The monoisotopic (exact) mass is 715 g/mol. The average Bonchev–Trinajstić information content (AvgIpc) is 3.10. The Morgan fingerprint density at radius 1 is 0.531 bits per heavy atom. The summed E-state index contributed by atoms with van der Waals surface area (Å²) in [5.74, 6) is 2.83. The first-order chi connectivity index (χ1) is 24.0. The Bertz CT molecular complexity index is 555. The van der Waals surface area contributed by atoms with Crippen molar-refractivity contribution in [3.8, 4) is 0 Å². The van der Waals surface area contributed by atoms with Gasteiger partial charge >= 0.3 is 5.97 Å². The fourth-order valence-electron chi connectivity index (χ4n) is 3.99. The van der Waals surface area contributed by atoms with Crippen molar-refractivity contribution in [3.63, 3.8) is 0 Å². The van der Waals surface area contributed by atoms with Crippen molar-refractivity contribution in [2.24, 2.45) is 11.6 Å². The van der Waals surface area contributed by atoms with Gasteiger partial charge in [-0.3, -0.25) is 9.59 Å². The smallest absolute Gasteiger partial charge is 0.303 e. The predicted octanol–water partition coefficient (Wildman–Crippen LogP) is 6.41. The second-order valence-corrected chi connectivity index (χ2v) is 10.6. The minimum atomic E-state index is -0.667. The summed E-state index contributed by atoms with van der Waals surface area (Å²) in [6.45, 7) is 10.6. The number of aliphatic hydroxyl groups is 1. The van der Waals surface area contributed by atoms with Crippen LogP contribution in [-0.2, 0) is 38.1 Å². The van der Waals surface area contributed by atoms with Crippen LogP contribution in [-0.4, -0.2) is 100 Å². The number of aldehydes is 2. The van der Waals surface area contributed by atoms with Gasteiger partial charge in [0.25, 0.3) is 0 Å². The number of primary amides is 1. The van der Waals surface area contributed by atoms with Crippen molar-refractivity contribution in [3.05, 3.63) is 0 Å². The van der Waals surface area contributed by atoms with E-state index in [1.165, 1.54) is 96.8 Å². The van der Waals surface area contributed by atoms with Gasteiger partial charge in [0.2, 0.25) is 6.41 Å². The van der Waals surface area contributed by atoms with E-state index in [1.807, 2.05) is 0 Å². The number of carbonyl (C=O) groups is 4. The van der Waals surface area contributed by atoms with Gasteiger partial charge in [-0.25, -0.2) is 5.90 Å². The summed E-state index contributed by atoms with van der Waals surface area (Å²) in [4.78, 5) is 38.0. The Hall–Kier alpha value is -2.00. The van der Waals surface area contributed by atoms with Crippen molar-refractivity contribution < 1.29 is 53.5 Å². The zero-order chi connectivity index (χ0) is 38.3. The molecule has 0 heterocycles. The summed E-state index contributed by atoms with van der Waals surface area (Å²) in [5, 5.41) is 22.1. The third-order valence-electron chi connectivity index (χ3n) is 6.16. The molecule has 0 aromatic rings. The number of carboxylic acid groups (broad SMARTS) is 1. The van der Waals surface area contributed by atoms with Crippen LogP contribution in [0, 0.1) is 0 Å². The van der Waals surface area contributed by atoms with Crippen LogP contribution in [0.25, 0.3) is 0 Å². The third kappa shape index (κ3) is 92.7. The van der Waals surface area contributed by atoms with E-state index in [-0.39, 0.29) is 6.41 Å². The number of nitrogens with two attached hydrogens (primary N) is 2. The molecule has 0 rings (SSSR count). The van der Waals surface area contributed by atoms with E-state index in [1.54, 1.807) is 0 Å². The van der Waals surface area contributed by atoms with Crippen molar-refractivity contribution in [1.29, 1.82) is 0 Å². The molecule has 0 unspecified atom stereocenters. The van der Waals surface area contributed by atoms with Crippen LogP contribution >= 0.6 is 0 Å². The summed E-state index contributed by atoms with van der Waals surface area (Å²) >= 11 is 0. The molecular formula is C36H78N2O11. The zero-order valence-electron chi connectivity index (χ0n) is 31.8. The number of hydrogen-bond acceptors (Lipinski definition) is 11. The number of unbranched alkanes of at least 4 members (excludes halogenated alkanes) is 16. The van der Waals surface area contributed by atoms with E-state index in [0.717, 1.165) is 52.0 Å². The molecule has 0 saturated carbocycles. The lowest BCUT2D eigenvalue weighted by atomic mass is 10.0. The SMILES string of the molecule is CC=O.CCC.CO.NC=O.NO.O=CCCCOCCOCCOCCOCCCCCCCCCCCCCCCCCCC(=O)O. The van der Waals surface area contributed by atoms with E-state index in [9.17, 15) is 9.59 Å². The van der Waals surface area contributed by atoms with E-state index in [2.05, 4.69) is 25.5 Å². The van der Waals surface area contributed by atoms with Crippen LogP contribution in [0.4, 0.5) is 0 Å². The highest BCUT2D eigenvalue weighted by Gasteiger charge is 1.98. The molecule has 0 atom stereocenters. The zero-order valence-corrected chi connectivity index (χ0v) is 31.8. The summed E-state index contributed by atoms with van der Waals surface area (Å²) in [7, 11) is 1.00. The Labute approximate surface area is 299 Å². The molecule has 49 heavy (non-hydrogen) atoms. The van der Waals surface area contributed by atoms with E-state index in [4.69, 9.17) is 44.0 Å². The standard InChI is InChI=1S/C29H56O7.C3H8.C2H4O.CH3NO.CH4O.H3NO/c30-20-16-18-22-34-24-26-36-28-27-35-25-23-33-21-17-14-12-10-8-6-4-2-1-3-5-7-9-11-13-15-19-29(31)32;1-3-2;1-2-3;2-1-3;2*1-2/h20H,1-19,21-28H2,(H,31,32);3H2,1-2H3;2H,1H3;1H,(H2,2,3);2H,1H3;2H,1H2. The van der Waals surface area contributed by atoms with E-state index < -0.39 is 5.97 Å². The van der Waals surface area contributed by atoms with Crippen LogP contribution in [0.3, 0.4) is 0 Å². The fourth-order valence-corrected chi connectivity index (χ4v) is 3.99. The fraction of sp³-hybridized carbons (Fsp3) is 0.889. The predicted molar refractivity (Wildman–Crippen MR) is 197 cm³/mol. The molecule has 0 fully saturated rings. The van der Waals surface area contributed by atoms with Gasteiger partial charge in [-0.2, -0.15) is 0 Å². The number of rotatable bonds is 32. The van der Waals surface area contributed by atoms with Gasteiger partial charge in [0.15, 0.2) is 0 Å². The maximum absolute atomic E-state index is 10.4. The molecule has 1 amide bonds. The molecule has 0 saturated heterocycles. The van der Waals surface area contributed by atoms with Gasteiger partial charge in [0, 0.05) is 33.2 Å². The Balaban J connectivity index is -0.000000308. The van der Waals surface area contributed by atoms with Crippen molar-refractivity contribution in [1.82, 2.24) is 0 Å². The van der Waals surface area contributed by atoms with Crippen LogP contribution in [0.2, 0.25) is 0 Å². The molecule has 0 aliphatic heterocycles. The summed E-state index contributed by atoms with van der Waals surface area (Å²) in [6, 6.07) is 0. The number of hydrogen-bond donors (Lipinski definition) is 5. The molecule has 298 valence electrons. The van der Waals surface area contributed by atoms with Gasteiger partial charge in [-0.05, 0) is 26.2 Å². The van der Waals surface area contributed by atoms with Crippen molar-refractivity contribution >= 4 is 25.0 Å². The normalized spacial score (nSPS) is 9.37. The lowest BCUT2D eigenvalue weighted by Crippen LogP contribution is -2.12. The first-order valence-corrected chi connectivity index (χ1v) is 18.2. The number of amides is 1. The van der Waals surface area contributed by atoms with Crippen LogP contribution in [0.5, 0.6) is 0 Å². The summed E-state index contributed by atoms with van der Waals surface area (Å²) < 4.78 is 21.9. The summed E-state index contributed by atoms with van der Waals surface area (Å²) in [5.41, 5.74) is 4.17. The maximum atomic E-state index is 10.4. The first-order valence-electron chi connectivity index (χ1n) is 18.2. The molecule has 13 nitrogen and oxygen atoms in total. The minimum absolute atomic E-state index is 0.250. The highest BCUT2D eigenvalue weighted by atomic mass is 16.6. The topological polar surface area (TPSA) is 218 Å². The minimum Gasteiger partial charge on any atom is -0.481 e. The molecule has 0 aliphatic rings. The third-order valence-corrected chi connectivity index (χ3v) is 6.16. The average molecular weight is 715 g/mol. The lowest BCUT2D eigenvalue weighted by molar-refractivity contribution is -0.137. The highest BCUT2D eigenvalue weighted by molar-refractivity contribution is 5.66. The number of carboxylic acids is 1. The van der Waals surface area contributed by atoms with Crippen LogP contribution in [0.1, 0.15) is 149 Å². The molecule has 0 aromatic heterocycles. The molecule has 0 spiro atoms. The van der Waals surface area contributed by atoms with Crippen LogP contribution < -0.4 is 11.6 Å². The maximum Gasteiger partial charge on any atom is 0.303 e. The molecule has 13 heteroatoms. The Morgan fingerprint density at radius 2 is 0.755 bits per heavy atom. The van der Waals surface area contributed by atoms with Gasteiger partial charge < -0.3 is 49.7 Å². The van der Waals surface area contributed by atoms with Gasteiger partial charge in [0.1, 0.15) is 12.6 Å². The number of carbonyl (C=O) groups excluding carboxylic acids is 3. The Morgan fingerprint density at radius 3 is 1.02 bits per heavy atom. The quantitative estimate of drug-likeness (QED) is 0.0290. The molecular weight excluding hydrogens is 636 g/mol. The molecule has 0 bridgehead atoms. The molecule has 0 radical (unpaired) electrons. The first kappa shape index (κ1) is 59.2. The largest absolute Gasteiger partial charge is 0.481 e. The Kier molecular flexibility index (Phi) is 86.8. The van der Waals surface area contributed by atoms with Gasteiger partial charge in [0.05, 0.1) is 39.6 Å². The number of ether oxygens (including phenoxy) is 4. The molecule has 0 aromatic carbocycles. The molecule has 7 N–H and O–H groups in total. The second-order valence-electron chi connectivity index (χ2n) is 10.6. The van der Waals surface area contributed by atoms with Gasteiger partial charge in [-0.15, -0.1) is 0 Å². The van der Waals surface area contributed by atoms with E-state index in [0.29, 0.717) is 59.1 Å².